The molecule has 2 rings (SSSR count). The van der Waals surface area contributed by atoms with Crippen LogP contribution in [0.15, 0.2) is 0 Å². The summed E-state index contributed by atoms with van der Waals surface area (Å²) in [4.78, 5) is 28.6. The summed E-state index contributed by atoms with van der Waals surface area (Å²) in [6, 6.07) is 0.209. The van der Waals surface area contributed by atoms with Crippen molar-refractivity contribution in [1.82, 2.24) is 15.1 Å². The van der Waals surface area contributed by atoms with Crippen LogP contribution in [0.25, 0.3) is 0 Å². The molecule has 2 aliphatic rings. The molecule has 0 aromatic rings. The first-order valence-corrected chi connectivity index (χ1v) is 9.14. The number of piperidine rings is 2. The maximum Gasteiger partial charge on any atom is 0.317 e. The number of urea groups is 1. The molecule has 132 valence electrons. The SMILES string of the molecule is CC(C)CCN1C[C@]2(CCCN(C(=O)NC(C)C)C2)CCC1=O. The van der Waals surface area contributed by atoms with Gasteiger partial charge in [0.1, 0.15) is 0 Å². The molecular weight excluding hydrogens is 290 g/mol. The molecule has 0 unspecified atom stereocenters. The smallest absolute Gasteiger partial charge is 0.317 e. The third kappa shape index (κ3) is 4.85. The van der Waals surface area contributed by atoms with Crippen LogP contribution < -0.4 is 5.32 Å². The Morgan fingerprint density at radius 1 is 1.22 bits per heavy atom. The van der Waals surface area contributed by atoms with Gasteiger partial charge >= 0.3 is 6.03 Å². The van der Waals surface area contributed by atoms with E-state index in [0.717, 1.165) is 51.9 Å². The Morgan fingerprint density at radius 3 is 2.61 bits per heavy atom. The van der Waals surface area contributed by atoms with E-state index >= 15 is 0 Å². The molecule has 1 spiro atoms. The fourth-order valence-electron chi connectivity index (χ4n) is 3.77. The topological polar surface area (TPSA) is 52.6 Å². The maximum absolute atomic E-state index is 12.3. The zero-order valence-corrected chi connectivity index (χ0v) is 15.2. The molecule has 0 saturated carbocycles. The van der Waals surface area contributed by atoms with Crippen LogP contribution in [-0.4, -0.2) is 54.0 Å². The minimum atomic E-state index is 0.0460. The van der Waals surface area contributed by atoms with Crippen LogP contribution >= 0.6 is 0 Å². The number of likely N-dealkylation sites (tertiary alicyclic amines) is 2. The Labute approximate surface area is 140 Å². The summed E-state index contributed by atoms with van der Waals surface area (Å²) in [7, 11) is 0. The second-order valence-corrected chi connectivity index (χ2v) is 8.13. The summed E-state index contributed by atoms with van der Waals surface area (Å²) in [6.45, 7) is 11.7. The number of rotatable bonds is 4. The van der Waals surface area contributed by atoms with E-state index in [1.807, 2.05) is 23.6 Å². The quantitative estimate of drug-likeness (QED) is 0.865. The zero-order chi connectivity index (χ0) is 17.0. The molecule has 0 aliphatic carbocycles. The molecule has 23 heavy (non-hydrogen) atoms. The molecule has 0 radical (unpaired) electrons. The van der Waals surface area contributed by atoms with E-state index < -0.39 is 0 Å². The van der Waals surface area contributed by atoms with Gasteiger partial charge < -0.3 is 15.1 Å². The number of nitrogens with one attached hydrogen (secondary N) is 1. The van der Waals surface area contributed by atoms with Gasteiger partial charge in [-0.05, 0) is 45.4 Å². The fourth-order valence-corrected chi connectivity index (χ4v) is 3.77. The lowest BCUT2D eigenvalue weighted by molar-refractivity contribution is -0.139. The first-order chi connectivity index (χ1) is 10.8. The predicted octanol–water partition coefficient (Wildman–Crippen LogP) is 2.86. The van der Waals surface area contributed by atoms with Crippen molar-refractivity contribution in [2.24, 2.45) is 11.3 Å². The molecule has 2 saturated heterocycles. The van der Waals surface area contributed by atoms with Crippen LogP contribution in [0.1, 0.15) is 59.8 Å². The van der Waals surface area contributed by atoms with E-state index in [9.17, 15) is 9.59 Å². The Morgan fingerprint density at radius 2 is 1.96 bits per heavy atom. The van der Waals surface area contributed by atoms with Crippen molar-refractivity contribution in [1.29, 1.82) is 0 Å². The summed E-state index contributed by atoms with van der Waals surface area (Å²) < 4.78 is 0. The van der Waals surface area contributed by atoms with E-state index in [2.05, 4.69) is 19.2 Å². The van der Waals surface area contributed by atoms with Crippen LogP contribution in [-0.2, 0) is 4.79 Å². The number of nitrogens with zero attached hydrogens (tertiary/aromatic N) is 2. The third-order valence-electron chi connectivity index (χ3n) is 5.09. The average Bonchev–Trinajstić information content (AvgIpc) is 2.48. The van der Waals surface area contributed by atoms with Crippen LogP contribution in [0.4, 0.5) is 4.79 Å². The highest BCUT2D eigenvalue weighted by Crippen LogP contribution is 2.39. The summed E-state index contributed by atoms with van der Waals surface area (Å²) in [6.07, 6.45) is 4.79. The number of amides is 3. The lowest BCUT2D eigenvalue weighted by Gasteiger charge is -2.48. The van der Waals surface area contributed by atoms with E-state index in [1.165, 1.54) is 0 Å². The Hall–Kier alpha value is -1.26. The Balaban J connectivity index is 1.99. The van der Waals surface area contributed by atoms with Gasteiger partial charge in [-0.25, -0.2) is 4.79 Å². The first-order valence-electron chi connectivity index (χ1n) is 9.14. The van der Waals surface area contributed by atoms with Gasteiger partial charge in [0.2, 0.25) is 5.91 Å². The molecule has 3 amide bonds. The van der Waals surface area contributed by atoms with Gasteiger partial charge in [-0.3, -0.25) is 4.79 Å². The van der Waals surface area contributed by atoms with E-state index in [1.54, 1.807) is 0 Å². The normalized spacial score (nSPS) is 25.6. The van der Waals surface area contributed by atoms with Gasteiger partial charge in [-0.1, -0.05) is 13.8 Å². The van der Waals surface area contributed by atoms with Gasteiger partial charge in [0, 0.05) is 44.1 Å². The minimum absolute atomic E-state index is 0.0460. The highest BCUT2D eigenvalue weighted by atomic mass is 16.2. The van der Waals surface area contributed by atoms with Crippen molar-refractivity contribution in [3.63, 3.8) is 0 Å². The van der Waals surface area contributed by atoms with E-state index in [0.29, 0.717) is 18.2 Å². The molecular formula is C18H33N3O2. The average molecular weight is 323 g/mol. The Kier molecular flexibility index (Phi) is 5.93. The van der Waals surface area contributed by atoms with Gasteiger partial charge in [0.15, 0.2) is 0 Å². The number of carbonyl (C=O) groups excluding carboxylic acids is 2. The Bertz CT molecular complexity index is 430. The maximum atomic E-state index is 12.3. The number of hydrogen-bond donors (Lipinski definition) is 1. The van der Waals surface area contributed by atoms with Crippen LogP contribution in [0.3, 0.4) is 0 Å². The van der Waals surface area contributed by atoms with Gasteiger partial charge in [0.05, 0.1) is 0 Å². The van der Waals surface area contributed by atoms with Crippen molar-refractivity contribution >= 4 is 11.9 Å². The predicted molar refractivity (Wildman–Crippen MR) is 92.2 cm³/mol. The van der Waals surface area contributed by atoms with E-state index in [-0.39, 0.29) is 17.5 Å². The van der Waals surface area contributed by atoms with Crippen molar-refractivity contribution < 1.29 is 9.59 Å². The van der Waals surface area contributed by atoms with Crippen LogP contribution in [0.2, 0.25) is 0 Å². The van der Waals surface area contributed by atoms with Crippen LogP contribution in [0, 0.1) is 11.3 Å². The number of hydrogen-bond acceptors (Lipinski definition) is 2. The van der Waals surface area contributed by atoms with Crippen molar-refractivity contribution in [3.05, 3.63) is 0 Å². The number of carbonyl (C=O) groups is 2. The minimum Gasteiger partial charge on any atom is -0.342 e. The second kappa shape index (κ2) is 7.54. The van der Waals surface area contributed by atoms with Gasteiger partial charge in [-0.2, -0.15) is 0 Å². The largest absolute Gasteiger partial charge is 0.342 e. The molecule has 5 nitrogen and oxygen atoms in total. The molecule has 2 aliphatic heterocycles. The zero-order valence-electron chi connectivity index (χ0n) is 15.2. The molecule has 1 atom stereocenters. The highest BCUT2D eigenvalue weighted by molar-refractivity contribution is 5.77. The van der Waals surface area contributed by atoms with Crippen molar-refractivity contribution in [3.8, 4) is 0 Å². The summed E-state index contributed by atoms with van der Waals surface area (Å²) in [5.74, 6) is 0.903. The summed E-state index contributed by atoms with van der Waals surface area (Å²) in [5.41, 5.74) is 0.109. The molecule has 0 aromatic carbocycles. The molecule has 1 N–H and O–H groups in total. The van der Waals surface area contributed by atoms with Gasteiger partial charge in [0.25, 0.3) is 0 Å². The molecule has 0 aromatic heterocycles. The summed E-state index contributed by atoms with van der Waals surface area (Å²) in [5, 5.41) is 3.00. The third-order valence-corrected chi connectivity index (χ3v) is 5.09. The van der Waals surface area contributed by atoms with Crippen LogP contribution in [0.5, 0.6) is 0 Å². The molecule has 0 bridgehead atoms. The standard InChI is InChI=1S/C18H33N3O2/c1-14(2)7-11-20-12-18(9-6-16(20)22)8-5-10-21(13-18)17(23)19-15(3)4/h14-15H,5-13H2,1-4H3,(H,19,23)/t18-/m0/s1. The fraction of sp³-hybridized carbons (Fsp3) is 0.889. The van der Waals surface area contributed by atoms with Gasteiger partial charge in [-0.15, -0.1) is 0 Å². The summed E-state index contributed by atoms with van der Waals surface area (Å²) >= 11 is 0. The lowest BCUT2D eigenvalue weighted by atomic mass is 9.73. The highest BCUT2D eigenvalue weighted by Gasteiger charge is 2.42. The van der Waals surface area contributed by atoms with E-state index in [4.69, 9.17) is 0 Å². The second-order valence-electron chi connectivity index (χ2n) is 8.13. The lowest BCUT2D eigenvalue weighted by Crippen LogP contribution is -2.57. The first kappa shape index (κ1) is 18.1. The molecule has 5 heteroatoms. The molecule has 2 heterocycles. The van der Waals surface area contributed by atoms with Crippen molar-refractivity contribution in [2.75, 3.05) is 26.2 Å². The van der Waals surface area contributed by atoms with Crippen molar-refractivity contribution in [2.45, 2.75) is 65.8 Å². The molecule has 2 fully saturated rings. The monoisotopic (exact) mass is 323 g/mol.